The molecule has 96 valence electrons. The first kappa shape index (κ1) is 13.4. The van der Waals surface area contributed by atoms with Gasteiger partial charge >= 0.3 is 0 Å². The van der Waals surface area contributed by atoms with Gasteiger partial charge in [-0.05, 0) is 18.2 Å². The zero-order chi connectivity index (χ0) is 13.0. The lowest BCUT2D eigenvalue weighted by molar-refractivity contribution is 0.315. The molecular weight excluding hydrogens is 316 g/mol. The summed E-state index contributed by atoms with van der Waals surface area (Å²) >= 11 is 9.31. The van der Waals surface area contributed by atoms with Crippen molar-refractivity contribution in [1.29, 1.82) is 0 Å². The van der Waals surface area contributed by atoms with E-state index in [1.165, 1.54) is 0 Å². The van der Waals surface area contributed by atoms with Crippen LogP contribution in [-0.2, 0) is 19.3 Å². The van der Waals surface area contributed by atoms with Gasteiger partial charge in [0.25, 0.3) is 0 Å². The Morgan fingerprint density at radius 3 is 2.94 bits per heavy atom. The molecule has 0 spiro atoms. The molecule has 0 N–H and O–H groups in total. The quantitative estimate of drug-likeness (QED) is 0.785. The highest BCUT2D eigenvalue weighted by Crippen LogP contribution is 2.24. The first-order chi connectivity index (χ1) is 8.70. The molecule has 0 aliphatic rings. The molecule has 0 aliphatic heterocycles. The number of aromatic nitrogens is 2. The number of hydrogen-bond acceptors (Lipinski definition) is 2. The summed E-state index contributed by atoms with van der Waals surface area (Å²) in [4.78, 5) is 4.25. The summed E-state index contributed by atoms with van der Waals surface area (Å²) in [7, 11) is 1.98. The summed E-state index contributed by atoms with van der Waals surface area (Å²) < 4.78 is 8.76. The third-order valence-electron chi connectivity index (χ3n) is 2.67. The number of halogens is 2. The fourth-order valence-electron chi connectivity index (χ4n) is 1.68. The Balaban J connectivity index is 1.96. The van der Waals surface area contributed by atoms with Crippen molar-refractivity contribution in [2.75, 3.05) is 6.61 Å². The first-order valence-corrected chi connectivity index (χ1v) is 6.97. The fourth-order valence-corrected chi connectivity index (χ4v) is 2.30. The van der Waals surface area contributed by atoms with Crippen LogP contribution in [0.15, 0.2) is 35.1 Å². The van der Waals surface area contributed by atoms with Crippen molar-refractivity contribution in [2.45, 2.75) is 12.3 Å². The van der Waals surface area contributed by atoms with E-state index in [0.717, 1.165) is 28.0 Å². The van der Waals surface area contributed by atoms with Gasteiger partial charge in [-0.2, -0.15) is 0 Å². The number of alkyl halides is 1. The topological polar surface area (TPSA) is 27.1 Å². The highest BCUT2D eigenvalue weighted by atomic mass is 79.9. The van der Waals surface area contributed by atoms with E-state index in [-0.39, 0.29) is 0 Å². The Hall–Kier alpha value is -1.000. The van der Waals surface area contributed by atoms with Crippen LogP contribution in [0.2, 0.25) is 0 Å². The van der Waals surface area contributed by atoms with Gasteiger partial charge in [0.2, 0.25) is 0 Å². The van der Waals surface area contributed by atoms with Gasteiger partial charge in [-0.1, -0.05) is 15.9 Å². The highest BCUT2D eigenvalue weighted by molar-refractivity contribution is 9.10. The molecule has 0 fully saturated rings. The maximum atomic E-state index is 5.89. The molecule has 2 rings (SSSR count). The van der Waals surface area contributed by atoms with E-state index in [9.17, 15) is 0 Å². The standard InChI is InChI=1S/C13H14BrClN2O/c1-17-6-5-16-13(17)4-7-18-12-3-2-11(14)8-10(12)9-15/h2-3,5-6,8H,4,7,9H2,1H3. The molecular formula is C13H14BrClN2O. The van der Waals surface area contributed by atoms with Crippen molar-refractivity contribution in [3.63, 3.8) is 0 Å². The molecule has 0 bridgehead atoms. The largest absolute Gasteiger partial charge is 0.493 e. The van der Waals surface area contributed by atoms with Crippen molar-refractivity contribution in [3.8, 4) is 5.75 Å². The molecule has 1 aromatic heterocycles. The smallest absolute Gasteiger partial charge is 0.123 e. The second kappa shape index (κ2) is 6.25. The molecule has 1 aromatic carbocycles. The number of ether oxygens (including phenoxy) is 1. The van der Waals surface area contributed by atoms with Crippen LogP contribution < -0.4 is 4.74 Å². The van der Waals surface area contributed by atoms with Crippen molar-refractivity contribution >= 4 is 27.5 Å². The Kier molecular flexibility index (Phi) is 4.66. The van der Waals surface area contributed by atoms with Crippen LogP contribution in [0.1, 0.15) is 11.4 Å². The van der Waals surface area contributed by atoms with Crippen molar-refractivity contribution in [1.82, 2.24) is 9.55 Å². The van der Waals surface area contributed by atoms with Crippen molar-refractivity contribution in [3.05, 3.63) is 46.5 Å². The molecule has 0 amide bonds. The van der Waals surface area contributed by atoms with Gasteiger partial charge in [0.15, 0.2) is 0 Å². The zero-order valence-corrected chi connectivity index (χ0v) is 12.4. The number of imidazole rings is 1. The van der Waals surface area contributed by atoms with E-state index in [2.05, 4.69) is 20.9 Å². The van der Waals surface area contributed by atoms with Crippen LogP contribution in [0.4, 0.5) is 0 Å². The molecule has 0 aliphatic carbocycles. The molecule has 0 radical (unpaired) electrons. The lowest BCUT2D eigenvalue weighted by Gasteiger charge is -2.10. The molecule has 5 heteroatoms. The van der Waals surface area contributed by atoms with Gasteiger partial charge in [-0.15, -0.1) is 11.6 Å². The summed E-state index contributed by atoms with van der Waals surface area (Å²) in [6.45, 7) is 0.594. The van der Waals surface area contributed by atoms with E-state index < -0.39 is 0 Å². The predicted molar refractivity (Wildman–Crippen MR) is 76.1 cm³/mol. The van der Waals surface area contributed by atoms with Crippen LogP contribution in [0.5, 0.6) is 5.75 Å². The Morgan fingerprint density at radius 1 is 1.44 bits per heavy atom. The molecule has 1 heterocycles. The number of hydrogen-bond donors (Lipinski definition) is 0. The van der Waals surface area contributed by atoms with Crippen molar-refractivity contribution in [2.24, 2.45) is 7.05 Å². The van der Waals surface area contributed by atoms with Gasteiger partial charge < -0.3 is 9.30 Å². The molecule has 0 atom stereocenters. The summed E-state index contributed by atoms with van der Waals surface area (Å²) in [6.07, 6.45) is 4.50. The van der Waals surface area contributed by atoms with Crippen LogP contribution in [-0.4, -0.2) is 16.2 Å². The zero-order valence-electron chi connectivity index (χ0n) is 10.1. The van der Waals surface area contributed by atoms with Gasteiger partial charge in [0, 0.05) is 35.9 Å². The molecule has 18 heavy (non-hydrogen) atoms. The minimum absolute atomic E-state index is 0.442. The Bertz CT molecular complexity index is 527. The molecule has 0 saturated heterocycles. The third kappa shape index (κ3) is 3.27. The summed E-state index contributed by atoms with van der Waals surface area (Å²) in [6, 6.07) is 5.86. The SMILES string of the molecule is Cn1ccnc1CCOc1ccc(Br)cc1CCl. The summed E-state index contributed by atoms with van der Waals surface area (Å²) in [5.74, 6) is 2.29. The van der Waals surface area contributed by atoms with Crippen molar-refractivity contribution < 1.29 is 4.74 Å². The maximum absolute atomic E-state index is 5.89. The lowest BCUT2D eigenvalue weighted by Crippen LogP contribution is -2.07. The monoisotopic (exact) mass is 328 g/mol. The van der Waals surface area contributed by atoms with Crippen LogP contribution in [0, 0.1) is 0 Å². The van der Waals surface area contributed by atoms with Gasteiger partial charge in [-0.3, -0.25) is 0 Å². The average Bonchev–Trinajstić information content (AvgIpc) is 2.77. The third-order valence-corrected chi connectivity index (χ3v) is 3.45. The van der Waals surface area contributed by atoms with E-state index in [0.29, 0.717) is 12.5 Å². The normalized spacial score (nSPS) is 10.6. The van der Waals surface area contributed by atoms with Gasteiger partial charge in [-0.25, -0.2) is 4.98 Å². The fraction of sp³-hybridized carbons (Fsp3) is 0.308. The number of aryl methyl sites for hydroxylation is 1. The summed E-state index contributed by atoms with van der Waals surface area (Å²) in [5, 5.41) is 0. The number of benzene rings is 1. The number of rotatable bonds is 5. The second-order valence-electron chi connectivity index (χ2n) is 3.94. The second-order valence-corrected chi connectivity index (χ2v) is 5.12. The van der Waals surface area contributed by atoms with Gasteiger partial charge in [0.05, 0.1) is 12.5 Å². The first-order valence-electron chi connectivity index (χ1n) is 5.64. The minimum atomic E-state index is 0.442. The Morgan fingerprint density at radius 2 is 2.28 bits per heavy atom. The lowest BCUT2D eigenvalue weighted by atomic mass is 10.2. The van der Waals surface area contributed by atoms with Gasteiger partial charge in [0.1, 0.15) is 11.6 Å². The predicted octanol–water partition coefficient (Wildman–Crippen LogP) is 3.54. The van der Waals surface area contributed by atoms with E-state index in [1.54, 1.807) is 6.20 Å². The van der Waals surface area contributed by atoms with Crippen LogP contribution in [0.3, 0.4) is 0 Å². The minimum Gasteiger partial charge on any atom is -0.493 e. The molecule has 0 unspecified atom stereocenters. The van der Waals surface area contributed by atoms with Crippen LogP contribution >= 0.6 is 27.5 Å². The molecule has 3 nitrogen and oxygen atoms in total. The van der Waals surface area contributed by atoms with E-state index >= 15 is 0 Å². The molecule has 0 saturated carbocycles. The number of nitrogens with zero attached hydrogens (tertiary/aromatic N) is 2. The maximum Gasteiger partial charge on any atom is 0.123 e. The molecule has 2 aromatic rings. The van der Waals surface area contributed by atoms with E-state index in [1.807, 2.05) is 36.0 Å². The van der Waals surface area contributed by atoms with Crippen LogP contribution in [0.25, 0.3) is 0 Å². The summed E-state index contributed by atoms with van der Waals surface area (Å²) in [5.41, 5.74) is 0.992. The highest BCUT2D eigenvalue weighted by Gasteiger charge is 2.05. The average molecular weight is 330 g/mol. The van der Waals surface area contributed by atoms with E-state index in [4.69, 9.17) is 16.3 Å². The Labute approximate surface area is 120 Å².